The topological polar surface area (TPSA) is 49.5 Å². The van der Waals surface area contributed by atoms with Crippen LogP contribution in [0.1, 0.15) is 36.8 Å². The first kappa shape index (κ1) is 17.6. The Balaban J connectivity index is 1.50. The quantitative estimate of drug-likeness (QED) is 0.884. The summed E-state index contributed by atoms with van der Waals surface area (Å²) in [6.07, 6.45) is 5.62. The summed E-state index contributed by atoms with van der Waals surface area (Å²) in [4.78, 5) is 2.63. The van der Waals surface area contributed by atoms with E-state index in [1.54, 1.807) is 6.07 Å². The first-order chi connectivity index (χ1) is 12.7. The highest BCUT2D eigenvalue weighted by Crippen LogP contribution is 2.49. The van der Waals surface area contributed by atoms with Crippen LogP contribution in [-0.4, -0.2) is 35.7 Å². The minimum absolute atomic E-state index is 0.139. The third-order valence-electron chi connectivity index (χ3n) is 6.63. The highest BCUT2D eigenvalue weighted by Gasteiger charge is 2.47. The van der Waals surface area contributed by atoms with Gasteiger partial charge in [0.15, 0.2) is 0 Å². The minimum atomic E-state index is 0.139. The van der Waals surface area contributed by atoms with Gasteiger partial charge in [0, 0.05) is 24.5 Å². The fourth-order valence-corrected chi connectivity index (χ4v) is 5.21. The molecule has 3 nitrogen and oxygen atoms in total. The van der Waals surface area contributed by atoms with Crippen LogP contribution in [0.25, 0.3) is 0 Å². The number of fused-ring (bicyclic) bond motifs is 1. The second-order valence-corrected chi connectivity index (χ2v) is 8.23. The Morgan fingerprint density at radius 3 is 2.73 bits per heavy atom. The van der Waals surface area contributed by atoms with Gasteiger partial charge in [-0.05, 0) is 67.8 Å². The van der Waals surface area contributed by atoms with Crippen LogP contribution in [0.2, 0.25) is 0 Å². The molecule has 3 heteroatoms. The summed E-state index contributed by atoms with van der Waals surface area (Å²) in [7, 11) is 0. The second-order valence-electron chi connectivity index (χ2n) is 8.23. The molecule has 1 saturated heterocycles. The maximum atomic E-state index is 10.0. The third kappa shape index (κ3) is 3.51. The summed E-state index contributed by atoms with van der Waals surface area (Å²) < 4.78 is 0. The number of likely N-dealkylation sites (tertiary alicyclic amines) is 1. The number of benzene rings is 2. The van der Waals surface area contributed by atoms with Gasteiger partial charge in [-0.15, -0.1) is 0 Å². The van der Waals surface area contributed by atoms with E-state index >= 15 is 0 Å². The molecule has 3 N–H and O–H groups in total. The Hall–Kier alpha value is -1.84. The monoisotopic (exact) mass is 350 g/mol. The van der Waals surface area contributed by atoms with Gasteiger partial charge in [-0.3, -0.25) is 0 Å². The lowest BCUT2D eigenvalue weighted by Gasteiger charge is -2.52. The van der Waals surface area contributed by atoms with Crippen molar-refractivity contribution >= 4 is 0 Å². The maximum absolute atomic E-state index is 10.0. The summed E-state index contributed by atoms with van der Waals surface area (Å²) in [6.45, 7) is 3.39. The van der Waals surface area contributed by atoms with E-state index in [1.807, 2.05) is 12.1 Å². The molecule has 0 amide bonds. The van der Waals surface area contributed by atoms with Crippen molar-refractivity contribution in [2.24, 2.45) is 11.7 Å². The van der Waals surface area contributed by atoms with E-state index in [0.29, 0.717) is 11.7 Å². The van der Waals surface area contributed by atoms with Crippen LogP contribution in [0.3, 0.4) is 0 Å². The molecule has 26 heavy (non-hydrogen) atoms. The standard InChI is InChI=1S/C23H30N2O/c24-21-10-9-20-17-25(13-11-18-5-2-1-3-6-18)14-12-23(20,16-21)19-7-4-8-22(26)15-19/h1-8,15,20-21,26H,9-14,16-17,24H2/t20?,21-,23?/m1/s1. The minimum Gasteiger partial charge on any atom is -0.508 e. The number of piperidine rings is 1. The lowest BCUT2D eigenvalue weighted by Crippen LogP contribution is -2.55. The molecule has 3 atom stereocenters. The van der Waals surface area contributed by atoms with Gasteiger partial charge in [0.05, 0.1) is 0 Å². The molecule has 2 unspecified atom stereocenters. The molecule has 1 heterocycles. The van der Waals surface area contributed by atoms with Crippen LogP contribution < -0.4 is 5.73 Å². The Morgan fingerprint density at radius 1 is 1.08 bits per heavy atom. The van der Waals surface area contributed by atoms with Gasteiger partial charge in [0.25, 0.3) is 0 Å². The normalized spacial score (nSPS) is 29.3. The predicted molar refractivity (Wildman–Crippen MR) is 106 cm³/mol. The predicted octanol–water partition coefficient (Wildman–Crippen LogP) is 3.71. The van der Waals surface area contributed by atoms with Crippen molar-refractivity contribution in [3.63, 3.8) is 0 Å². The van der Waals surface area contributed by atoms with Crippen LogP contribution in [0.4, 0.5) is 0 Å². The van der Waals surface area contributed by atoms with Crippen LogP contribution >= 0.6 is 0 Å². The van der Waals surface area contributed by atoms with Gasteiger partial charge >= 0.3 is 0 Å². The fraction of sp³-hybridized carbons (Fsp3) is 0.478. The van der Waals surface area contributed by atoms with E-state index in [9.17, 15) is 5.11 Å². The molecule has 1 saturated carbocycles. The molecule has 0 spiro atoms. The van der Waals surface area contributed by atoms with Crippen LogP contribution in [-0.2, 0) is 11.8 Å². The van der Waals surface area contributed by atoms with Gasteiger partial charge in [0.2, 0.25) is 0 Å². The van der Waals surface area contributed by atoms with Gasteiger partial charge in [0.1, 0.15) is 5.75 Å². The average molecular weight is 351 g/mol. The zero-order chi connectivity index (χ0) is 18.0. The van der Waals surface area contributed by atoms with E-state index in [0.717, 1.165) is 45.3 Å². The largest absolute Gasteiger partial charge is 0.508 e. The molecule has 0 radical (unpaired) electrons. The summed E-state index contributed by atoms with van der Waals surface area (Å²) >= 11 is 0. The summed E-state index contributed by atoms with van der Waals surface area (Å²) in [5.41, 5.74) is 9.25. The van der Waals surface area contributed by atoms with Crippen molar-refractivity contribution in [3.05, 3.63) is 65.7 Å². The second kappa shape index (κ2) is 7.42. The van der Waals surface area contributed by atoms with Crippen LogP contribution in [0, 0.1) is 5.92 Å². The molecule has 2 aromatic rings. The molecular formula is C23H30N2O. The molecule has 1 aliphatic carbocycles. The molecule has 0 aromatic heterocycles. The SMILES string of the molecule is N[C@@H]1CCC2CN(CCc3ccccc3)CCC2(c2cccc(O)c2)C1. The summed E-state index contributed by atoms with van der Waals surface area (Å²) in [5.74, 6) is 1.01. The van der Waals surface area contributed by atoms with E-state index in [4.69, 9.17) is 5.73 Å². The summed E-state index contributed by atoms with van der Waals surface area (Å²) in [5, 5.41) is 10.0. The van der Waals surface area contributed by atoms with Crippen molar-refractivity contribution < 1.29 is 5.11 Å². The highest BCUT2D eigenvalue weighted by atomic mass is 16.3. The smallest absolute Gasteiger partial charge is 0.115 e. The Labute approximate surface area is 156 Å². The van der Waals surface area contributed by atoms with E-state index in [2.05, 4.69) is 41.3 Å². The van der Waals surface area contributed by atoms with Gasteiger partial charge in [-0.25, -0.2) is 0 Å². The van der Waals surface area contributed by atoms with Gasteiger partial charge in [-0.1, -0.05) is 42.5 Å². The number of hydrogen-bond donors (Lipinski definition) is 2. The van der Waals surface area contributed by atoms with Crippen LogP contribution in [0.5, 0.6) is 5.75 Å². The maximum Gasteiger partial charge on any atom is 0.115 e. The number of nitrogens with two attached hydrogens (primary N) is 1. The third-order valence-corrected chi connectivity index (χ3v) is 6.63. The van der Waals surface area contributed by atoms with Crippen molar-refractivity contribution in [3.8, 4) is 5.75 Å². The zero-order valence-electron chi connectivity index (χ0n) is 15.5. The Morgan fingerprint density at radius 2 is 1.92 bits per heavy atom. The number of aromatic hydroxyl groups is 1. The highest BCUT2D eigenvalue weighted by molar-refractivity contribution is 5.35. The zero-order valence-corrected chi connectivity index (χ0v) is 15.5. The van der Waals surface area contributed by atoms with Crippen molar-refractivity contribution in [2.45, 2.75) is 43.6 Å². The van der Waals surface area contributed by atoms with Gasteiger partial charge < -0.3 is 15.7 Å². The fourth-order valence-electron chi connectivity index (χ4n) is 5.21. The number of phenolic OH excluding ortho intramolecular Hbond substituents is 1. The molecule has 2 aliphatic rings. The Bertz CT molecular complexity index is 732. The number of nitrogens with zero attached hydrogens (tertiary/aromatic N) is 1. The summed E-state index contributed by atoms with van der Waals surface area (Å²) in [6, 6.07) is 19.0. The molecule has 1 aliphatic heterocycles. The first-order valence-electron chi connectivity index (χ1n) is 9.97. The van der Waals surface area contributed by atoms with E-state index < -0.39 is 0 Å². The number of hydrogen-bond acceptors (Lipinski definition) is 3. The van der Waals surface area contributed by atoms with Crippen LogP contribution in [0.15, 0.2) is 54.6 Å². The lowest BCUT2D eigenvalue weighted by molar-refractivity contribution is 0.0499. The molecule has 2 aromatic carbocycles. The number of phenols is 1. The number of rotatable bonds is 4. The molecule has 2 fully saturated rings. The Kier molecular flexibility index (Phi) is 5.01. The molecule has 138 valence electrons. The van der Waals surface area contributed by atoms with Gasteiger partial charge in [-0.2, -0.15) is 0 Å². The molecule has 4 rings (SSSR count). The molecular weight excluding hydrogens is 320 g/mol. The first-order valence-corrected chi connectivity index (χ1v) is 9.97. The lowest BCUT2D eigenvalue weighted by atomic mass is 9.58. The van der Waals surface area contributed by atoms with Crippen molar-refractivity contribution in [1.82, 2.24) is 4.90 Å². The van der Waals surface area contributed by atoms with E-state index in [1.165, 1.54) is 17.5 Å². The van der Waals surface area contributed by atoms with Crippen molar-refractivity contribution in [1.29, 1.82) is 0 Å². The molecule has 0 bridgehead atoms. The van der Waals surface area contributed by atoms with Crippen molar-refractivity contribution in [2.75, 3.05) is 19.6 Å². The van der Waals surface area contributed by atoms with E-state index in [-0.39, 0.29) is 11.5 Å². The average Bonchev–Trinajstić information content (AvgIpc) is 2.67.